The standard InChI is InChI=1S/C27H32N4OS/c1-2-18-8-10-20(11-9-18)27(32)31-16-14-30(15-17-31)25-23-21-6-4-3-5-7-22(21)33-26(23)29-24(28-25)19-12-13-19/h8-11,19H,2-7,12-17H2,1H3. The van der Waals surface area contributed by atoms with Crippen molar-refractivity contribution in [2.75, 3.05) is 31.1 Å². The molecule has 1 saturated heterocycles. The number of benzene rings is 1. The first kappa shape index (κ1) is 21.1. The van der Waals surface area contributed by atoms with Gasteiger partial charge in [0.2, 0.25) is 0 Å². The Labute approximate surface area is 199 Å². The largest absolute Gasteiger partial charge is 0.352 e. The molecule has 0 spiro atoms. The van der Waals surface area contributed by atoms with E-state index in [0.717, 1.165) is 56.2 Å². The number of fused-ring (bicyclic) bond motifs is 3. The van der Waals surface area contributed by atoms with E-state index in [0.29, 0.717) is 5.92 Å². The lowest BCUT2D eigenvalue weighted by Crippen LogP contribution is -2.49. The van der Waals surface area contributed by atoms with Crippen LogP contribution in [0.1, 0.15) is 77.1 Å². The van der Waals surface area contributed by atoms with Gasteiger partial charge in [-0.15, -0.1) is 11.3 Å². The molecule has 0 unspecified atom stereocenters. The molecule has 0 radical (unpaired) electrons. The van der Waals surface area contributed by atoms with E-state index in [1.165, 1.54) is 64.7 Å². The average Bonchev–Trinajstić information content (AvgIpc) is 3.68. The number of hydrogen-bond acceptors (Lipinski definition) is 5. The van der Waals surface area contributed by atoms with E-state index in [1.54, 1.807) is 0 Å². The van der Waals surface area contributed by atoms with Crippen molar-refractivity contribution >= 4 is 33.3 Å². The number of amides is 1. The predicted octanol–water partition coefficient (Wildman–Crippen LogP) is 5.36. The number of rotatable bonds is 4. The van der Waals surface area contributed by atoms with Crippen molar-refractivity contribution in [3.05, 3.63) is 51.7 Å². The number of aryl methyl sites for hydroxylation is 3. The highest BCUT2D eigenvalue weighted by Gasteiger charge is 2.32. The van der Waals surface area contributed by atoms with Gasteiger partial charge in [0.05, 0.1) is 5.39 Å². The van der Waals surface area contributed by atoms with Crippen molar-refractivity contribution < 1.29 is 4.79 Å². The molecule has 3 aliphatic rings. The zero-order valence-corrected chi connectivity index (χ0v) is 20.3. The summed E-state index contributed by atoms with van der Waals surface area (Å²) in [6.45, 7) is 5.29. The lowest BCUT2D eigenvalue weighted by atomic mass is 10.1. The summed E-state index contributed by atoms with van der Waals surface area (Å²) in [7, 11) is 0. The molecule has 1 aliphatic heterocycles. The maximum absolute atomic E-state index is 13.1. The Morgan fingerprint density at radius 2 is 1.76 bits per heavy atom. The summed E-state index contributed by atoms with van der Waals surface area (Å²) in [4.78, 5) is 30.5. The zero-order valence-electron chi connectivity index (χ0n) is 19.5. The highest BCUT2D eigenvalue weighted by molar-refractivity contribution is 7.19. The predicted molar refractivity (Wildman–Crippen MR) is 135 cm³/mol. The monoisotopic (exact) mass is 460 g/mol. The molecule has 0 N–H and O–H groups in total. The van der Waals surface area contributed by atoms with E-state index < -0.39 is 0 Å². The van der Waals surface area contributed by atoms with E-state index in [1.807, 2.05) is 28.4 Å². The van der Waals surface area contributed by atoms with Crippen molar-refractivity contribution in [2.45, 2.75) is 64.2 Å². The lowest BCUT2D eigenvalue weighted by Gasteiger charge is -2.36. The van der Waals surface area contributed by atoms with Crippen molar-refractivity contribution in [2.24, 2.45) is 0 Å². The molecule has 0 atom stereocenters. The van der Waals surface area contributed by atoms with Gasteiger partial charge in [-0.1, -0.05) is 25.5 Å². The van der Waals surface area contributed by atoms with E-state index in [-0.39, 0.29) is 5.91 Å². The van der Waals surface area contributed by atoms with E-state index in [2.05, 4.69) is 24.0 Å². The van der Waals surface area contributed by atoms with Crippen LogP contribution in [-0.4, -0.2) is 47.0 Å². The molecule has 1 saturated carbocycles. The summed E-state index contributed by atoms with van der Waals surface area (Å²) >= 11 is 1.91. The zero-order chi connectivity index (χ0) is 22.4. The lowest BCUT2D eigenvalue weighted by molar-refractivity contribution is 0.0746. The summed E-state index contributed by atoms with van der Waals surface area (Å²) in [6.07, 6.45) is 9.65. The maximum atomic E-state index is 13.1. The molecular weight excluding hydrogens is 428 g/mol. The third-order valence-electron chi connectivity index (χ3n) is 7.48. The van der Waals surface area contributed by atoms with Crippen LogP contribution in [0.5, 0.6) is 0 Å². The van der Waals surface area contributed by atoms with E-state index in [4.69, 9.17) is 9.97 Å². The molecule has 5 nitrogen and oxygen atoms in total. The quantitative estimate of drug-likeness (QED) is 0.492. The number of anilines is 1. The van der Waals surface area contributed by atoms with E-state index in [9.17, 15) is 4.79 Å². The molecule has 2 aromatic heterocycles. The summed E-state index contributed by atoms with van der Waals surface area (Å²) in [5.74, 6) is 2.88. The van der Waals surface area contributed by atoms with Gasteiger partial charge in [0.1, 0.15) is 16.5 Å². The molecular formula is C27H32N4OS. The number of nitrogens with zero attached hydrogens (tertiary/aromatic N) is 4. The Bertz CT molecular complexity index is 1170. The Hall–Kier alpha value is -2.47. The van der Waals surface area contributed by atoms with Gasteiger partial charge in [-0.2, -0.15) is 0 Å². The number of carbonyl (C=O) groups is 1. The van der Waals surface area contributed by atoms with Gasteiger partial charge >= 0.3 is 0 Å². The topological polar surface area (TPSA) is 49.3 Å². The SMILES string of the molecule is CCc1ccc(C(=O)N2CCN(c3nc(C4CC4)nc4sc5c(c34)CCCCC5)CC2)cc1. The fourth-order valence-corrected chi connectivity index (χ4v) is 6.53. The van der Waals surface area contributed by atoms with Crippen molar-refractivity contribution in [3.63, 3.8) is 0 Å². The molecule has 1 amide bonds. The smallest absolute Gasteiger partial charge is 0.253 e. The summed E-state index contributed by atoms with van der Waals surface area (Å²) in [6, 6.07) is 8.10. The first-order chi connectivity index (χ1) is 16.2. The van der Waals surface area contributed by atoms with Crippen LogP contribution in [0.4, 0.5) is 5.82 Å². The van der Waals surface area contributed by atoms with E-state index >= 15 is 0 Å². The minimum absolute atomic E-state index is 0.146. The van der Waals surface area contributed by atoms with Gasteiger partial charge in [-0.3, -0.25) is 4.79 Å². The Balaban J connectivity index is 1.27. The van der Waals surface area contributed by atoms with Gasteiger partial charge in [0.15, 0.2) is 0 Å². The van der Waals surface area contributed by atoms with Crippen molar-refractivity contribution in [3.8, 4) is 0 Å². The number of piperazine rings is 1. The maximum Gasteiger partial charge on any atom is 0.253 e. The molecule has 2 fully saturated rings. The highest BCUT2D eigenvalue weighted by Crippen LogP contribution is 2.44. The fraction of sp³-hybridized carbons (Fsp3) is 0.519. The van der Waals surface area contributed by atoms with Crippen LogP contribution in [0.25, 0.3) is 10.2 Å². The molecule has 1 aromatic carbocycles. The molecule has 6 heteroatoms. The molecule has 6 rings (SSSR count). The number of carbonyl (C=O) groups excluding carboxylic acids is 1. The average molecular weight is 461 g/mol. The first-order valence-corrected chi connectivity index (χ1v) is 13.5. The van der Waals surface area contributed by atoms with Gasteiger partial charge in [-0.25, -0.2) is 9.97 Å². The van der Waals surface area contributed by atoms with Crippen molar-refractivity contribution in [1.29, 1.82) is 0 Å². The summed E-state index contributed by atoms with van der Waals surface area (Å²) in [5, 5.41) is 1.32. The van der Waals surface area contributed by atoms with Crippen LogP contribution in [0, 0.1) is 0 Å². The van der Waals surface area contributed by atoms with Crippen LogP contribution >= 0.6 is 11.3 Å². The number of hydrogen-bond donors (Lipinski definition) is 0. The van der Waals surface area contributed by atoms with Crippen LogP contribution in [0.3, 0.4) is 0 Å². The molecule has 0 bridgehead atoms. The normalized spacial score (nSPS) is 18.9. The van der Waals surface area contributed by atoms with Crippen LogP contribution < -0.4 is 4.90 Å². The van der Waals surface area contributed by atoms with Gasteiger partial charge < -0.3 is 9.80 Å². The minimum Gasteiger partial charge on any atom is -0.352 e. The second kappa shape index (κ2) is 8.71. The molecule has 2 aliphatic carbocycles. The first-order valence-electron chi connectivity index (χ1n) is 12.7. The van der Waals surface area contributed by atoms with Crippen LogP contribution in [0.15, 0.2) is 24.3 Å². The number of aromatic nitrogens is 2. The fourth-order valence-electron chi connectivity index (χ4n) is 5.27. The molecule has 172 valence electrons. The van der Waals surface area contributed by atoms with Crippen LogP contribution in [0.2, 0.25) is 0 Å². The van der Waals surface area contributed by atoms with Crippen LogP contribution in [-0.2, 0) is 19.3 Å². The third-order valence-corrected chi connectivity index (χ3v) is 8.67. The highest BCUT2D eigenvalue weighted by atomic mass is 32.1. The molecule has 33 heavy (non-hydrogen) atoms. The summed E-state index contributed by atoms with van der Waals surface area (Å²) < 4.78 is 0. The minimum atomic E-state index is 0.146. The third kappa shape index (κ3) is 4.03. The molecule has 3 heterocycles. The Morgan fingerprint density at radius 3 is 2.48 bits per heavy atom. The van der Waals surface area contributed by atoms with Crippen molar-refractivity contribution in [1.82, 2.24) is 14.9 Å². The van der Waals surface area contributed by atoms with Gasteiger partial charge in [0, 0.05) is 42.5 Å². The van der Waals surface area contributed by atoms with Gasteiger partial charge in [0.25, 0.3) is 5.91 Å². The summed E-state index contributed by atoms with van der Waals surface area (Å²) in [5.41, 5.74) is 3.58. The Morgan fingerprint density at radius 1 is 1.00 bits per heavy atom. The second-order valence-corrected chi connectivity index (χ2v) is 10.8. The second-order valence-electron chi connectivity index (χ2n) is 9.75. The molecule has 3 aromatic rings. The van der Waals surface area contributed by atoms with Gasteiger partial charge in [-0.05, 0) is 68.2 Å². The Kier molecular flexibility index (Phi) is 5.57. The number of thiophene rings is 1.